The highest BCUT2D eigenvalue weighted by molar-refractivity contribution is 9.10. The molecule has 0 aliphatic rings. The van der Waals surface area contributed by atoms with Crippen LogP contribution in [0.1, 0.15) is 22.9 Å². The minimum Gasteiger partial charge on any atom is -0.319 e. The highest BCUT2D eigenvalue weighted by Crippen LogP contribution is 2.19. The predicted octanol–water partition coefficient (Wildman–Crippen LogP) is 3.20. The first-order valence-corrected chi connectivity index (χ1v) is 5.90. The van der Waals surface area contributed by atoms with Gasteiger partial charge in [-0.3, -0.25) is 4.98 Å². The Morgan fingerprint density at radius 3 is 2.38 bits per heavy atom. The van der Waals surface area contributed by atoms with Crippen molar-refractivity contribution in [2.45, 2.75) is 13.0 Å². The Balaban J connectivity index is 2.28. The molecule has 2 aromatic rings. The Labute approximate surface area is 104 Å². The fraction of sp³-hybridized carbons (Fsp3) is 0.154. The number of pyridine rings is 1. The van der Waals surface area contributed by atoms with Crippen LogP contribution < -0.4 is 5.73 Å². The average molecular weight is 277 g/mol. The number of hydrogen-bond acceptors (Lipinski definition) is 2. The minimum absolute atomic E-state index is 0.159. The number of rotatable bonds is 2. The van der Waals surface area contributed by atoms with Gasteiger partial charge < -0.3 is 5.73 Å². The molecule has 1 aromatic carbocycles. The predicted molar refractivity (Wildman–Crippen MR) is 69.1 cm³/mol. The Hall–Kier alpha value is -1.19. The van der Waals surface area contributed by atoms with Gasteiger partial charge in [0.15, 0.2) is 0 Å². The second-order valence-electron chi connectivity index (χ2n) is 3.79. The van der Waals surface area contributed by atoms with Crippen LogP contribution in [0.25, 0.3) is 0 Å². The summed E-state index contributed by atoms with van der Waals surface area (Å²) in [4.78, 5) is 4.31. The lowest BCUT2D eigenvalue weighted by Gasteiger charge is -2.11. The second-order valence-corrected chi connectivity index (χ2v) is 4.71. The summed E-state index contributed by atoms with van der Waals surface area (Å²) < 4.78 is 0.965. The molecule has 0 aliphatic heterocycles. The van der Waals surface area contributed by atoms with Crippen molar-refractivity contribution >= 4 is 15.9 Å². The zero-order valence-electron chi connectivity index (χ0n) is 9.02. The summed E-state index contributed by atoms with van der Waals surface area (Å²) in [5.41, 5.74) is 9.34. The monoisotopic (exact) mass is 276 g/mol. The summed E-state index contributed by atoms with van der Waals surface area (Å²) >= 11 is 3.36. The van der Waals surface area contributed by atoms with Crippen molar-refractivity contribution in [2.24, 2.45) is 5.73 Å². The van der Waals surface area contributed by atoms with Gasteiger partial charge in [0.25, 0.3) is 0 Å². The molecule has 0 fully saturated rings. The summed E-state index contributed by atoms with van der Waals surface area (Å²) in [5, 5.41) is 0. The van der Waals surface area contributed by atoms with Crippen LogP contribution in [0, 0.1) is 6.92 Å². The number of nitrogens with two attached hydrogens (primary N) is 1. The van der Waals surface area contributed by atoms with Crippen LogP contribution in [0.15, 0.2) is 47.1 Å². The molecular weight excluding hydrogens is 264 g/mol. The highest BCUT2D eigenvalue weighted by atomic mass is 79.9. The third-order valence-corrected chi connectivity index (χ3v) is 2.97. The van der Waals surface area contributed by atoms with Crippen molar-refractivity contribution in [3.63, 3.8) is 0 Å². The van der Waals surface area contributed by atoms with Gasteiger partial charge in [-0.25, -0.2) is 0 Å². The van der Waals surface area contributed by atoms with Gasteiger partial charge in [0, 0.05) is 10.7 Å². The van der Waals surface area contributed by atoms with Gasteiger partial charge in [-0.15, -0.1) is 0 Å². The van der Waals surface area contributed by atoms with E-state index in [-0.39, 0.29) is 6.04 Å². The molecule has 0 amide bonds. The van der Waals surface area contributed by atoms with Crippen LogP contribution in [0.5, 0.6) is 0 Å². The smallest absolute Gasteiger partial charge is 0.0726 e. The lowest BCUT2D eigenvalue weighted by molar-refractivity contribution is 0.827. The Bertz CT molecular complexity index is 417. The van der Waals surface area contributed by atoms with Gasteiger partial charge in [-0.05, 0) is 40.5 Å². The number of halogens is 1. The van der Waals surface area contributed by atoms with Crippen LogP contribution in [-0.2, 0) is 0 Å². The zero-order valence-corrected chi connectivity index (χ0v) is 10.6. The van der Waals surface area contributed by atoms with Crippen molar-refractivity contribution in [3.05, 3.63) is 63.9 Å². The van der Waals surface area contributed by atoms with Gasteiger partial charge in [-0.2, -0.15) is 0 Å². The third kappa shape index (κ3) is 2.49. The van der Waals surface area contributed by atoms with Crippen LogP contribution in [0.2, 0.25) is 0 Å². The van der Waals surface area contributed by atoms with Crippen molar-refractivity contribution in [1.29, 1.82) is 0 Å². The van der Waals surface area contributed by atoms with Gasteiger partial charge in [-0.1, -0.05) is 29.8 Å². The van der Waals surface area contributed by atoms with E-state index in [1.807, 2.05) is 24.3 Å². The fourth-order valence-corrected chi connectivity index (χ4v) is 1.75. The number of aryl methyl sites for hydroxylation is 1. The largest absolute Gasteiger partial charge is 0.319 e. The van der Waals surface area contributed by atoms with E-state index in [0.29, 0.717) is 0 Å². The molecule has 2 rings (SSSR count). The lowest BCUT2D eigenvalue weighted by atomic mass is 10.0. The summed E-state index contributed by atoms with van der Waals surface area (Å²) in [7, 11) is 0. The molecule has 2 nitrogen and oxygen atoms in total. The summed E-state index contributed by atoms with van der Waals surface area (Å²) in [6.07, 6.45) is 1.77. The number of aromatic nitrogens is 1. The van der Waals surface area contributed by atoms with E-state index < -0.39 is 0 Å². The molecular formula is C13H13BrN2. The topological polar surface area (TPSA) is 38.9 Å². The molecule has 0 saturated heterocycles. The maximum Gasteiger partial charge on any atom is 0.0726 e. The van der Waals surface area contributed by atoms with E-state index in [4.69, 9.17) is 5.73 Å². The minimum atomic E-state index is -0.159. The third-order valence-electron chi connectivity index (χ3n) is 2.51. The molecule has 0 bridgehead atoms. The van der Waals surface area contributed by atoms with Gasteiger partial charge in [0.05, 0.1) is 11.7 Å². The molecule has 2 N–H and O–H groups in total. The summed E-state index contributed by atoms with van der Waals surface area (Å²) in [6.45, 7) is 2.06. The highest BCUT2D eigenvalue weighted by Gasteiger charge is 2.09. The Kier molecular flexibility index (Phi) is 3.36. The summed E-state index contributed by atoms with van der Waals surface area (Å²) in [6, 6.07) is 12.0. The van der Waals surface area contributed by atoms with Crippen LogP contribution in [0.3, 0.4) is 0 Å². The maximum atomic E-state index is 6.14. The molecule has 1 unspecified atom stereocenters. The zero-order chi connectivity index (χ0) is 11.5. The van der Waals surface area contributed by atoms with Gasteiger partial charge >= 0.3 is 0 Å². The standard InChI is InChI=1S/C13H13BrN2/c1-9-2-4-10(5-3-9)13(15)12-7-6-11(14)8-16-12/h2-8,13H,15H2,1H3. The SMILES string of the molecule is Cc1ccc(C(N)c2ccc(Br)cn2)cc1. The molecule has 3 heteroatoms. The van der Waals surface area contributed by atoms with Crippen molar-refractivity contribution < 1.29 is 0 Å². The Morgan fingerprint density at radius 1 is 1.12 bits per heavy atom. The average Bonchev–Trinajstić information content (AvgIpc) is 2.30. The number of benzene rings is 1. The molecule has 0 spiro atoms. The molecule has 1 heterocycles. The number of nitrogens with zero attached hydrogens (tertiary/aromatic N) is 1. The molecule has 1 atom stereocenters. The molecule has 82 valence electrons. The van der Waals surface area contributed by atoms with Crippen molar-refractivity contribution in [1.82, 2.24) is 4.98 Å². The van der Waals surface area contributed by atoms with E-state index in [0.717, 1.165) is 15.7 Å². The second kappa shape index (κ2) is 4.76. The molecule has 16 heavy (non-hydrogen) atoms. The molecule has 1 aromatic heterocycles. The molecule has 0 saturated carbocycles. The number of hydrogen-bond donors (Lipinski definition) is 1. The maximum absolute atomic E-state index is 6.14. The van der Waals surface area contributed by atoms with Crippen LogP contribution in [-0.4, -0.2) is 4.98 Å². The normalized spacial score (nSPS) is 12.4. The first-order chi connectivity index (χ1) is 7.66. The Morgan fingerprint density at radius 2 is 1.81 bits per heavy atom. The van der Waals surface area contributed by atoms with E-state index in [2.05, 4.69) is 40.0 Å². The van der Waals surface area contributed by atoms with E-state index in [1.165, 1.54) is 5.56 Å². The van der Waals surface area contributed by atoms with Gasteiger partial charge in [0.2, 0.25) is 0 Å². The van der Waals surface area contributed by atoms with Gasteiger partial charge in [0.1, 0.15) is 0 Å². The van der Waals surface area contributed by atoms with Crippen molar-refractivity contribution in [3.8, 4) is 0 Å². The van der Waals surface area contributed by atoms with Crippen LogP contribution in [0.4, 0.5) is 0 Å². The first-order valence-electron chi connectivity index (χ1n) is 5.10. The van der Waals surface area contributed by atoms with E-state index in [1.54, 1.807) is 6.20 Å². The van der Waals surface area contributed by atoms with E-state index >= 15 is 0 Å². The first kappa shape index (κ1) is 11.3. The molecule has 0 radical (unpaired) electrons. The van der Waals surface area contributed by atoms with E-state index in [9.17, 15) is 0 Å². The van der Waals surface area contributed by atoms with Crippen molar-refractivity contribution in [2.75, 3.05) is 0 Å². The van der Waals surface area contributed by atoms with Crippen LogP contribution >= 0.6 is 15.9 Å². The quantitative estimate of drug-likeness (QED) is 0.915. The lowest BCUT2D eigenvalue weighted by Crippen LogP contribution is -2.13. The summed E-state index contributed by atoms with van der Waals surface area (Å²) in [5.74, 6) is 0. The molecule has 0 aliphatic carbocycles. The fourth-order valence-electron chi connectivity index (χ4n) is 1.52.